The highest BCUT2D eigenvalue weighted by atomic mass is 79.9. The highest BCUT2D eigenvalue weighted by Gasteiger charge is 2.13. The molecule has 0 saturated heterocycles. The Hall–Kier alpha value is -0.670. The van der Waals surface area contributed by atoms with Crippen LogP contribution in [0.3, 0.4) is 0 Å². The lowest BCUT2D eigenvalue weighted by molar-refractivity contribution is 0.607. The molecule has 0 spiro atoms. The molecule has 1 aromatic carbocycles. The van der Waals surface area contributed by atoms with E-state index < -0.39 is 0 Å². The van der Waals surface area contributed by atoms with Crippen LogP contribution in [0.25, 0.3) is 0 Å². The fraction of sp³-hybridized carbons (Fsp3) is 0.231. The third-order valence-corrected chi connectivity index (χ3v) is 4.04. The Morgan fingerprint density at radius 1 is 1.38 bits per heavy atom. The number of benzene rings is 1. The molecule has 84 valence electrons. The third-order valence-electron chi connectivity index (χ3n) is 2.49. The van der Waals surface area contributed by atoms with Gasteiger partial charge in [-0.25, -0.2) is 4.39 Å². The highest BCUT2D eigenvalue weighted by Crippen LogP contribution is 2.30. The van der Waals surface area contributed by atoms with E-state index in [1.165, 1.54) is 5.56 Å². The van der Waals surface area contributed by atoms with Crippen molar-refractivity contribution in [1.29, 1.82) is 0 Å². The van der Waals surface area contributed by atoms with Crippen LogP contribution in [0.15, 0.2) is 35.0 Å². The largest absolute Gasteiger partial charge is 0.207 e. The molecule has 0 saturated carbocycles. The van der Waals surface area contributed by atoms with Gasteiger partial charge in [0.1, 0.15) is 5.82 Å². The molecule has 1 unspecified atom stereocenters. The molecule has 0 radical (unpaired) electrons. The van der Waals surface area contributed by atoms with Gasteiger partial charge in [0.2, 0.25) is 0 Å². The van der Waals surface area contributed by atoms with E-state index in [-0.39, 0.29) is 10.6 Å². The molecule has 0 aliphatic carbocycles. The molecule has 2 aromatic rings. The molecule has 1 aromatic heterocycles. The van der Waals surface area contributed by atoms with Crippen molar-refractivity contribution in [1.82, 2.24) is 0 Å². The Morgan fingerprint density at radius 3 is 2.81 bits per heavy atom. The summed E-state index contributed by atoms with van der Waals surface area (Å²) in [5.41, 5.74) is 2.93. The fourth-order valence-electron chi connectivity index (χ4n) is 1.61. The van der Waals surface area contributed by atoms with Gasteiger partial charge in [0.25, 0.3) is 0 Å². The van der Waals surface area contributed by atoms with Crippen molar-refractivity contribution in [2.75, 3.05) is 0 Å². The maximum absolute atomic E-state index is 13.7. The van der Waals surface area contributed by atoms with Crippen LogP contribution in [0.4, 0.5) is 4.39 Å². The Balaban J connectivity index is 2.17. The van der Waals surface area contributed by atoms with Crippen molar-refractivity contribution < 1.29 is 4.39 Å². The summed E-state index contributed by atoms with van der Waals surface area (Å²) in [5.74, 6) is -0.128. The van der Waals surface area contributed by atoms with E-state index in [1.807, 2.05) is 24.4 Å². The summed E-state index contributed by atoms with van der Waals surface area (Å²) in [5, 5.41) is 4.14. The van der Waals surface area contributed by atoms with Gasteiger partial charge in [-0.3, -0.25) is 0 Å². The lowest BCUT2D eigenvalue weighted by atomic mass is 10.0. The summed E-state index contributed by atoms with van der Waals surface area (Å²) >= 11 is 5.22. The van der Waals surface area contributed by atoms with Crippen molar-refractivity contribution in [2.24, 2.45) is 0 Å². The van der Waals surface area contributed by atoms with Gasteiger partial charge in [-0.1, -0.05) is 28.1 Å². The first-order valence-electron chi connectivity index (χ1n) is 5.08. The van der Waals surface area contributed by atoms with Gasteiger partial charge in [0.15, 0.2) is 0 Å². The summed E-state index contributed by atoms with van der Waals surface area (Å²) in [6.45, 7) is 1.90. The first-order valence-corrected chi connectivity index (χ1v) is 6.94. The van der Waals surface area contributed by atoms with Gasteiger partial charge in [-0.2, -0.15) is 11.3 Å². The summed E-state index contributed by atoms with van der Waals surface area (Å²) in [6, 6.07) is 7.46. The molecule has 2 rings (SSSR count). The molecule has 0 nitrogen and oxygen atoms in total. The Bertz CT molecular complexity index is 465. The van der Waals surface area contributed by atoms with Crippen LogP contribution >= 0.6 is 27.3 Å². The van der Waals surface area contributed by atoms with E-state index in [1.54, 1.807) is 17.4 Å². The molecule has 3 heteroatoms. The molecule has 0 N–H and O–H groups in total. The minimum atomic E-state index is -0.128. The quantitative estimate of drug-likeness (QED) is 0.709. The van der Waals surface area contributed by atoms with Crippen LogP contribution < -0.4 is 0 Å². The second kappa shape index (κ2) is 5.11. The van der Waals surface area contributed by atoms with E-state index in [0.29, 0.717) is 0 Å². The van der Waals surface area contributed by atoms with Crippen LogP contribution in [-0.4, -0.2) is 0 Å². The van der Waals surface area contributed by atoms with E-state index in [2.05, 4.69) is 27.4 Å². The second-order valence-corrected chi connectivity index (χ2v) is 5.71. The number of rotatable bonds is 3. The van der Waals surface area contributed by atoms with Crippen LogP contribution in [0.1, 0.15) is 21.5 Å². The summed E-state index contributed by atoms with van der Waals surface area (Å²) in [7, 11) is 0. The molecule has 1 atom stereocenters. The first kappa shape index (κ1) is 11.8. The molecule has 0 bridgehead atoms. The molecule has 0 fully saturated rings. The first-order chi connectivity index (χ1) is 7.66. The maximum Gasteiger partial charge on any atom is 0.127 e. The smallest absolute Gasteiger partial charge is 0.127 e. The molecule has 0 aliphatic heterocycles. The number of alkyl halides is 1. The molecular formula is C13H12BrFS. The predicted molar refractivity (Wildman–Crippen MR) is 70.8 cm³/mol. The normalized spacial score (nSPS) is 12.7. The van der Waals surface area contributed by atoms with Gasteiger partial charge in [-0.05, 0) is 47.4 Å². The third kappa shape index (κ3) is 2.71. The Morgan fingerprint density at radius 2 is 2.19 bits per heavy atom. The van der Waals surface area contributed by atoms with Gasteiger partial charge in [0, 0.05) is 10.4 Å². The highest BCUT2D eigenvalue weighted by molar-refractivity contribution is 9.09. The monoisotopic (exact) mass is 298 g/mol. The lowest BCUT2D eigenvalue weighted by Gasteiger charge is -2.10. The minimum Gasteiger partial charge on any atom is -0.207 e. The van der Waals surface area contributed by atoms with Crippen molar-refractivity contribution >= 4 is 27.3 Å². The lowest BCUT2D eigenvalue weighted by Crippen LogP contribution is -1.98. The topological polar surface area (TPSA) is 0 Å². The Labute approximate surface area is 107 Å². The average Bonchev–Trinajstić information content (AvgIpc) is 2.70. The standard InChI is InChI=1S/C13H12BrFS/c1-9-2-3-11(13(15)6-9)12(14)7-10-4-5-16-8-10/h2-6,8,12H,7H2,1H3. The zero-order valence-corrected chi connectivity index (χ0v) is 11.3. The molecule has 0 aliphatic rings. The number of hydrogen-bond donors (Lipinski definition) is 0. The van der Waals surface area contributed by atoms with Crippen LogP contribution in [0, 0.1) is 12.7 Å². The number of aryl methyl sites for hydroxylation is 1. The molecule has 16 heavy (non-hydrogen) atoms. The SMILES string of the molecule is Cc1ccc(C(Br)Cc2ccsc2)c(F)c1. The van der Waals surface area contributed by atoms with Crippen molar-refractivity contribution in [3.05, 3.63) is 57.5 Å². The Kier molecular flexibility index (Phi) is 3.77. The fourth-order valence-corrected chi connectivity index (χ4v) is 3.04. The second-order valence-electron chi connectivity index (χ2n) is 3.83. The van der Waals surface area contributed by atoms with Gasteiger partial charge in [0.05, 0.1) is 0 Å². The predicted octanol–water partition coefficient (Wildman–Crippen LogP) is 4.87. The number of halogens is 2. The van der Waals surface area contributed by atoms with E-state index in [9.17, 15) is 4.39 Å². The maximum atomic E-state index is 13.7. The van der Waals surface area contributed by atoms with Crippen LogP contribution in [0.5, 0.6) is 0 Å². The van der Waals surface area contributed by atoms with Crippen molar-refractivity contribution in [2.45, 2.75) is 18.2 Å². The summed E-state index contributed by atoms with van der Waals surface area (Å²) in [4.78, 5) is 0.0442. The van der Waals surface area contributed by atoms with Crippen LogP contribution in [0.2, 0.25) is 0 Å². The summed E-state index contributed by atoms with van der Waals surface area (Å²) in [6.07, 6.45) is 0.823. The van der Waals surface area contributed by atoms with E-state index in [4.69, 9.17) is 0 Å². The van der Waals surface area contributed by atoms with Crippen molar-refractivity contribution in [3.63, 3.8) is 0 Å². The number of hydrogen-bond acceptors (Lipinski definition) is 1. The minimum absolute atomic E-state index is 0.0442. The zero-order valence-electron chi connectivity index (χ0n) is 8.91. The molecule has 0 amide bonds. The van der Waals surface area contributed by atoms with Crippen LogP contribution in [-0.2, 0) is 6.42 Å². The average molecular weight is 299 g/mol. The van der Waals surface area contributed by atoms with Crippen molar-refractivity contribution in [3.8, 4) is 0 Å². The van der Waals surface area contributed by atoms with Gasteiger partial charge >= 0.3 is 0 Å². The zero-order chi connectivity index (χ0) is 11.5. The molecular weight excluding hydrogens is 287 g/mol. The molecule has 1 heterocycles. The summed E-state index contributed by atoms with van der Waals surface area (Å²) < 4.78 is 13.7. The number of thiophene rings is 1. The van der Waals surface area contributed by atoms with Gasteiger partial charge in [-0.15, -0.1) is 0 Å². The van der Waals surface area contributed by atoms with E-state index >= 15 is 0 Å². The van der Waals surface area contributed by atoms with Gasteiger partial charge < -0.3 is 0 Å². The van der Waals surface area contributed by atoms with E-state index in [0.717, 1.165) is 17.5 Å².